The third kappa shape index (κ3) is 3.44. The van der Waals surface area contributed by atoms with Crippen LogP contribution in [0.2, 0.25) is 0 Å². The van der Waals surface area contributed by atoms with Crippen LogP contribution >= 0.6 is 0 Å². The maximum Gasteiger partial charge on any atom is 0.154 e. The lowest BCUT2D eigenvalue weighted by atomic mass is 10.0. The summed E-state index contributed by atoms with van der Waals surface area (Å²) in [7, 11) is 1.62. The highest BCUT2D eigenvalue weighted by atomic mass is 19.1. The second-order valence-electron chi connectivity index (χ2n) is 6.29. The smallest absolute Gasteiger partial charge is 0.154 e. The summed E-state index contributed by atoms with van der Waals surface area (Å²) in [5.74, 6) is 1.07. The third-order valence-electron chi connectivity index (χ3n) is 4.41. The fourth-order valence-corrected chi connectivity index (χ4v) is 2.91. The van der Waals surface area contributed by atoms with Crippen LogP contribution in [0.4, 0.5) is 10.1 Å². The number of methoxy groups -OCH3 is 1. The van der Waals surface area contributed by atoms with Crippen molar-refractivity contribution < 1.29 is 9.13 Å². The minimum Gasteiger partial charge on any atom is -0.497 e. The first-order chi connectivity index (χ1) is 13.1. The number of hydrazone groups is 1. The number of halogens is 1. The summed E-state index contributed by atoms with van der Waals surface area (Å²) < 4.78 is 18.7. The lowest BCUT2D eigenvalue weighted by molar-refractivity contribution is 0.415. The molecule has 4 rings (SSSR count). The van der Waals surface area contributed by atoms with E-state index in [1.165, 1.54) is 17.7 Å². The number of ether oxygens (including phenoxy) is 1. The van der Waals surface area contributed by atoms with Crippen molar-refractivity contribution in [2.45, 2.75) is 6.92 Å². The van der Waals surface area contributed by atoms with Gasteiger partial charge in [0, 0.05) is 16.7 Å². The van der Waals surface area contributed by atoms with Crippen LogP contribution in [0.25, 0.3) is 0 Å². The van der Waals surface area contributed by atoms with Crippen LogP contribution in [-0.4, -0.2) is 18.7 Å². The third-order valence-corrected chi connectivity index (χ3v) is 4.41. The van der Waals surface area contributed by atoms with Gasteiger partial charge in [0.05, 0.1) is 12.8 Å². The van der Waals surface area contributed by atoms with Gasteiger partial charge in [-0.25, -0.2) is 9.38 Å². The van der Waals surface area contributed by atoms with Crippen LogP contribution < -0.4 is 10.2 Å². The number of rotatable bonds is 3. The first-order valence-corrected chi connectivity index (χ1v) is 8.58. The largest absolute Gasteiger partial charge is 0.497 e. The quantitative estimate of drug-likeness (QED) is 0.744. The summed E-state index contributed by atoms with van der Waals surface area (Å²) in [6.07, 6.45) is 0. The highest BCUT2D eigenvalue weighted by Gasteiger charge is 2.18. The van der Waals surface area contributed by atoms with Crippen LogP contribution in [-0.2, 0) is 0 Å². The topological polar surface area (TPSA) is 46.0 Å². The molecule has 1 aliphatic rings. The van der Waals surface area contributed by atoms with Crippen LogP contribution in [0, 0.1) is 12.7 Å². The fraction of sp³-hybridized carbons (Fsp3) is 0.0909. The first-order valence-electron chi connectivity index (χ1n) is 8.58. The van der Waals surface area contributed by atoms with Crippen molar-refractivity contribution in [3.63, 3.8) is 0 Å². The molecule has 0 saturated carbocycles. The van der Waals surface area contributed by atoms with Crippen LogP contribution in [0.5, 0.6) is 5.75 Å². The number of aryl methyl sites for hydroxylation is 1. The number of fused-ring (bicyclic) bond motifs is 1. The average Bonchev–Trinajstić information content (AvgIpc) is 2.88. The van der Waals surface area contributed by atoms with Gasteiger partial charge >= 0.3 is 0 Å². The molecule has 0 amide bonds. The highest BCUT2D eigenvalue weighted by molar-refractivity contribution is 6.18. The SMILES string of the molecule is COc1ccc2c(c1)C(c1ccc(F)cc1)=NNC(c1ccc(C)cc1)=N2. The van der Waals surface area contributed by atoms with Crippen molar-refractivity contribution in [3.05, 3.63) is 94.8 Å². The molecule has 0 spiro atoms. The molecule has 1 heterocycles. The Labute approximate surface area is 157 Å². The van der Waals surface area contributed by atoms with E-state index >= 15 is 0 Å². The Morgan fingerprint density at radius 3 is 2.30 bits per heavy atom. The summed E-state index contributed by atoms with van der Waals surface area (Å²) in [6.45, 7) is 2.04. The lowest BCUT2D eigenvalue weighted by Gasteiger charge is -2.09. The van der Waals surface area contributed by atoms with E-state index in [9.17, 15) is 4.39 Å². The minimum absolute atomic E-state index is 0.289. The number of benzene rings is 3. The second-order valence-corrected chi connectivity index (χ2v) is 6.29. The normalized spacial score (nSPS) is 13.0. The van der Waals surface area contributed by atoms with Gasteiger partial charge in [0.15, 0.2) is 5.84 Å². The molecule has 4 nitrogen and oxygen atoms in total. The van der Waals surface area contributed by atoms with E-state index in [1.54, 1.807) is 19.2 Å². The molecule has 3 aromatic rings. The molecule has 0 aromatic heterocycles. The molecule has 0 fully saturated rings. The van der Waals surface area contributed by atoms with Crippen molar-refractivity contribution in [1.82, 2.24) is 5.43 Å². The Kier molecular flexibility index (Phi) is 4.42. The summed E-state index contributed by atoms with van der Waals surface area (Å²) in [5.41, 5.74) is 8.22. The monoisotopic (exact) mass is 359 g/mol. The maximum absolute atomic E-state index is 13.4. The number of aliphatic imine (C=N–C) groups is 1. The molecule has 5 heteroatoms. The zero-order chi connectivity index (χ0) is 18.8. The molecule has 0 bridgehead atoms. The Hall–Kier alpha value is -3.47. The predicted molar refractivity (Wildman–Crippen MR) is 106 cm³/mol. The second kappa shape index (κ2) is 7.03. The van der Waals surface area contributed by atoms with E-state index in [4.69, 9.17) is 9.73 Å². The highest BCUT2D eigenvalue weighted by Crippen LogP contribution is 2.29. The zero-order valence-electron chi connectivity index (χ0n) is 15.0. The van der Waals surface area contributed by atoms with Gasteiger partial charge in [0.1, 0.15) is 17.3 Å². The van der Waals surface area contributed by atoms with Gasteiger partial charge in [-0.3, -0.25) is 5.43 Å². The van der Waals surface area contributed by atoms with Crippen molar-refractivity contribution in [2.75, 3.05) is 7.11 Å². The molecule has 0 aliphatic carbocycles. The first kappa shape index (κ1) is 17.0. The van der Waals surface area contributed by atoms with Crippen molar-refractivity contribution in [2.24, 2.45) is 10.1 Å². The maximum atomic E-state index is 13.4. The van der Waals surface area contributed by atoms with Gasteiger partial charge in [-0.1, -0.05) is 29.8 Å². The minimum atomic E-state index is -0.289. The Morgan fingerprint density at radius 1 is 0.889 bits per heavy atom. The van der Waals surface area contributed by atoms with Gasteiger partial charge in [0.2, 0.25) is 0 Å². The van der Waals surface area contributed by atoms with E-state index in [1.807, 2.05) is 49.4 Å². The molecule has 0 saturated heterocycles. The molecule has 134 valence electrons. The van der Waals surface area contributed by atoms with Crippen molar-refractivity contribution in [3.8, 4) is 5.75 Å². The van der Waals surface area contributed by atoms with E-state index in [2.05, 4.69) is 10.5 Å². The van der Waals surface area contributed by atoms with E-state index in [0.29, 0.717) is 17.3 Å². The Bertz CT molecular complexity index is 1040. The van der Waals surface area contributed by atoms with Crippen LogP contribution in [0.1, 0.15) is 22.3 Å². The summed E-state index contributed by atoms with van der Waals surface area (Å²) >= 11 is 0. The van der Waals surface area contributed by atoms with Crippen LogP contribution in [0.3, 0.4) is 0 Å². The number of hydrogen-bond acceptors (Lipinski definition) is 4. The number of nitrogens with one attached hydrogen (secondary N) is 1. The number of nitrogens with zero attached hydrogens (tertiary/aromatic N) is 2. The molecule has 3 aromatic carbocycles. The average molecular weight is 359 g/mol. The molecule has 27 heavy (non-hydrogen) atoms. The van der Waals surface area contributed by atoms with E-state index in [-0.39, 0.29) is 5.82 Å². The molecule has 1 aliphatic heterocycles. The fourth-order valence-electron chi connectivity index (χ4n) is 2.91. The van der Waals surface area contributed by atoms with Crippen molar-refractivity contribution in [1.29, 1.82) is 0 Å². The molecule has 0 radical (unpaired) electrons. The Morgan fingerprint density at radius 2 is 1.59 bits per heavy atom. The van der Waals surface area contributed by atoms with Gasteiger partial charge < -0.3 is 4.74 Å². The summed E-state index contributed by atoms with van der Waals surface area (Å²) in [6, 6.07) is 20.0. The van der Waals surface area contributed by atoms with Gasteiger partial charge in [-0.2, -0.15) is 5.10 Å². The molecule has 0 atom stereocenters. The standard InChI is InChI=1S/C22H18FN3O/c1-14-3-5-16(6-4-14)22-24-20-12-11-18(27-2)13-19(20)21(25-26-22)15-7-9-17(23)10-8-15/h3-13H,1-2H3,(H,24,26). The van der Waals surface area contributed by atoms with E-state index in [0.717, 1.165) is 22.4 Å². The summed E-state index contributed by atoms with van der Waals surface area (Å²) in [4.78, 5) is 4.77. The van der Waals surface area contributed by atoms with Gasteiger partial charge in [0.25, 0.3) is 0 Å². The Balaban J connectivity index is 1.86. The molecule has 1 N–H and O–H groups in total. The van der Waals surface area contributed by atoms with E-state index < -0.39 is 0 Å². The number of amidine groups is 1. The number of hydrogen-bond donors (Lipinski definition) is 1. The molecular formula is C22H18FN3O. The molecule has 0 unspecified atom stereocenters. The zero-order valence-corrected chi connectivity index (χ0v) is 15.0. The van der Waals surface area contributed by atoms with Gasteiger partial charge in [-0.15, -0.1) is 0 Å². The lowest BCUT2D eigenvalue weighted by Crippen LogP contribution is -2.19. The predicted octanol–water partition coefficient (Wildman–Crippen LogP) is 4.58. The summed E-state index contributed by atoms with van der Waals surface area (Å²) in [5, 5.41) is 4.58. The molecular weight excluding hydrogens is 341 g/mol. The van der Waals surface area contributed by atoms with Crippen molar-refractivity contribution >= 4 is 17.2 Å². The van der Waals surface area contributed by atoms with Gasteiger partial charge in [-0.05, 0) is 49.4 Å². The van der Waals surface area contributed by atoms with Crippen LogP contribution in [0.15, 0.2) is 76.8 Å².